The van der Waals surface area contributed by atoms with Gasteiger partial charge < -0.3 is 5.32 Å². The van der Waals surface area contributed by atoms with Crippen molar-refractivity contribution in [3.05, 3.63) is 73.8 Å². The van der Waals surface area contributed by atoms with Crippen molar-refractivity contribution < 1.29 is 4.79 Å². The van der Waals surface area contributed by atoms with Crippen LogP contribution in [0.25, 0.3) is 10.9 Å². The SMILES string of the molecule is CCn1c(=O)c2ccccc2n(CC(=O)Nc2cccc(Br)c2)c1=O. The maximum absolute atomic E-state index is 12.6. The van der Waals surface area contributed by atoms with Crippen LogP contribution in [0.4, 0.5) is 5.69 Å². The number of halogens is 1. The molecule has 0 fully saturated rings. The molecule has 128 valence electrons. The standard InChI is InChI=1S/C18H16BrN3O3/c1-2-21-17(24)14-8-3-4-9-15(14)22(18(21)25)11-16(23)20-13-7-5-6-12(19)10-13/h3-10H,2,11H2,1H3,(H,20,23). The van der Waals surface area contributed by atoms with Gasteiger partial charge in [-0.15, -0.1) is 0 Å². The Labute approximate surface area is 151 Å². The van der Waals surface area contributed by atoms with Gasteiger partial charge >= 0.3 is 5.69 Å². The number of hydrogen-bond donors (Lipinski definition) is 1. The molecule has 0 unspecified atom stereocenters. The predicted octanol–water partition coefficient (Wildman–Crippen LogP) is 2.58. The maximum atomic E-state index is 12.6. The van der Waals surface area contributed by atoms with E-state index in [4.69, 9.17) is 0 Å². The number of fused-ring (bicyclic) bond motifs is 1. The first-order valence-corrected chi connectivity index (χ1v) is 8.58. The smallest absolute Gasteiger partial charge is 0.324 e. The molecule has 0 bridgehead atoms. The average molecular weight is 402 g/mol. The van der Waals surface area contributed by atoms with E-state index in [-0.39, 0.29) is 24.6 Å². The number of nitrogens with one attached hydrogen (secondary N) is 1. The molecule has 0 aliphatic heterocycles. The summed E-state index contributed by atoms with van der Waals surface area (Å²) in [6.07, 6.45) is 0. The van der Waals surface area contributed by atoms with Gasteiger partial charge in [0.05, 0.1) is 10.9 Å². The third-order valence-corrected chi connectivity index (χ3v) is 4.35. The lowest BCUT2D eigenvalue weighted by atomic mass is 10.2. The van der Waals surface area contributed by atoms with Crippen LogP contribution < -0.4 is 16.6 Å². The number of hydrogen-bond acceptors (Lipinski definition) is 3. The lowest BCUT2D eigenvalue weighted by molar-refractivity contribution is -0.116. The summed E-state index contributed by atoms with van der Waals surface area (Å²) >= 11 is 3.35. The minimum absolute atomic E-state index is 0.174. The summed E-state index contributed by atoms with van der Waals surface area (Å²) in [6, 6.07) is 14.0. The molecule has 0 saturated heterocycles. The minimum atomic E-state index is -0.490. The fraction of sp³-hybridized carbons (Fsp3) is 0.167. The molecule has 1 amide bonds. The second-order valence-corrected chi connectivity index (χ2v) is 6.41. The molecule has 1 aromatic heterocycles. The van der Waals surface area contributed by atoms with Gasteiger partial charge in [0.2, 0.25) is 5.91 Å². The van der Waals surface area contributed by atoms with Gasteiger partial charge in [0, 0.05) is 16.7 Å². The van der Waals surface area contributed by atoms with Gasteiger partial charge in [-0.05, 0) is 37.3 Å². The van der Waals surface area contributed by atoms with E-state index >= 15 is 0 Å². The monoisotopic (exact) mass is 401 g/mol. The van der Waals surface area contributed by atoms with E-state index in [1.807, 2.05) is 6.07 Å². The van der Waals surface area contributed by atoms with Crippen LogP contribution in [0.5, 0.6) is 0 Å². The number of amides is 1. The Morgan fingerprint density at radius 1 is 1.08 bits per heavy atom. The Morgan fingerprint density at radius 2 is 1.84 bits per heavy atom. The molecule has 3 rings (SSSR count). The second-order valence-electron chi connectivity index (χ2n) is 5.49. The van der Waals surface area contributed by atoms with Crippen molar-refractivity contribution in [2.45, 2.75) is 20.0 Å². The number of aromatic nitrogens is 2. The number of carbonyl (C=O) groups is 1. The van der Waals surface area contributed by atoms with Crippen molar-refractivity contribution >= 4 is 38.4 Å². The van der Waals surface area contributed by atoms with Crippen molar-refractivity contribution in [1.29, 1.82) is 0 Å². The zero-order valence-corrected chi connectivity index (χ0v) is 15.1. The van der Waals surface area contributed by atoms with E-state index in [2.05, 4.69) is 21.2 Å². The van der Waals surface area contributed by atoms with Gasteiger partial charge in [-0.1, -0.05) is 34.1 Å². The molecule has 0 saturated carbocycles. The van der Waals surface area contributed by atoms with Crippen LogP contribution in [-0.4, -0.2) is 15.0 Å². The summed E-state index contributed by atoms with van der Waals surface area (Å²) in [5, 5.41) is 3.18. The highest BCUT2D eigenvalue weighted by atomic mass is 79.9. The third kappa shape index (κ3) is 3.41. The van der Waals surface area contributed by atoms with E-state index < -0.39 is 5.69 Å². The summed E-state index contributed by atoms with van der Waals surface area (Å²) < 4.78 is 3.30. The molecule has 1 N–H and O–H groups in total. The lowest BCUT2D eigenvalue weighted by Gasteiger charge is -2.13. The topological polar surface area (TPSA) is 73.1 Å². The Balaban J connectivity index is 2.02. The van der Waals surface area contributed by atoms with Crippen molar-refractivity contribution in [2.24, 2.45) is 0 Å². The van der Waals surface area contributed by atoms with Gasteiger partial charge in [-0.25, -0.2) is 4.79 Å². The highest BCUT2D eigenvalue weighted by molar-refractivity contribution is 9.10. The summed E-state index contributed by atoms with van der Waals surface area (Å²) in [5.41, 5.74) is 0.245. The summed E-state index contributed by atoms with van der Waals surface area (Å²) in [4.78, 5) is 37.4. The van der Waals surface area contributed by atoms with E-state index in [0.29, 0.717) is 16.6 Å². The fourth-order valence-electron chi connectivity index (χ4n) is 2.71. The van der Waals surface area contributed by atoms with Crippen LogP contribution in [0.1, 0.15) is 6.92 Å². The van der Waals surface area contributed by atoms with E-state index in [9.17, 15) is 14.4 Å². The molecule has 2 aromatic carbocycles. The summed E-state index contributed by atoms with van der Waals surface area (Å²) in [5.74, 6) is -0.341. The molecule has 0 atom stereocenters. The van der Waals surface area contributed by atoms with Crippen LogP contribution in [-0.2, 0) is 17.9 Å². The quantitative estimate of drug-likeness (QED) is 0.729. The van der Waals surface area contributed by atoms with Crippen LogP contribution in [0.15, 0.2) is 62.6 Å². The highest BCUT2D eigenvalue weighted by Gasteiger charge is 2.14. The Hall–Kier alpha value is -2.67. The number of rotatable bonds is 4. The Kier molecular flexibility index (Phi) is 4.85. The predicted molar refractivity (Wildman–Crippen MR) is 101 cm³/mol. The normalized spacial score (nSPS) is 10.8. The number of anilines is 1. The number of para-hydroxylation sites is 1. The molecule has 0 aliphatic carbocycles. The van der Waals surface area contributed by atoms with E-state index in [0.717, 1.165) is 9.04 Å². The highest BCUT2D eigenvalue weighted by Crippen LogP contribution is 2.15. The molecular formula is C18H16BrN3O3. The average Bonchev–Trinajstić information content (AvgIpc) is 2.59. The van der Waals surface area contributed by atoms with Gasteiger partial charge in [-0.3, -0.25) is 18.7 Å². The zero-order chi connectivity index (χ0) is 18.0. The van der Waals surface area contributed by atoms with Crippen LogP contribution in [0.2, 0.25) is 0 Å². The molecule has 1 heterocycles. The first-order valence-electron chi connectivity index (χ1n) is 7.79. The summed E-state index contributed by atoms with van der Waals surface area (Å²) in [6.45, 7) is 1.80. The van der Waals surface area contributed by atoms with E-state index in [1.165, 1.54) is 4.57 Å². The Bertz CT molecular complexity index is 1070. The molecule has 3 aromatic rings. The number of nitrogens with zero attached hydrogens (tertiary/aromatic N) is 2. The van der Waals surface area contributed by atoms with Crippen molar-refractivity contribution in [2.75, 3.05) is 5.32 Å². The Morgan fingerprint density at radius 3 is 2.56 bits per heavy atom. The molecule has 25 heavy (non-hydrogen) atoms. The van der Waals surface area contributed by atoms with Crippen molar-refractivity contribution in [1.82, 2.24) is 9.13 Å². The second kappa shape index (κ2) is 7.06. The number of carbonyl (C=O) groups excluding carboxylic acids is 1. The van der Waals surface area contributed by atoms with Crippen LogP contribution in [0.3, 0.4) is 0 Å². The molecule has 0 aliphatic rings. The van der Waals surface area contributed by atoms with Crippen LogP contribution >= 0.6 is 15.9 Å². The van der Waals surface area contributed by atoms with Gasteiger partial charge in [0.25, 0.3) is 5.56 Å². The summed E-state index contributed by atoms with van der Waals surface area (Å²) in [7, 11) is 0. The first kappa shape index (κ1) is 17.2. The lowest BCUT2D eigenvalue weighted by Crippen LogP contribution is -2.41. The van der Waals surface area contributed by atoms with E-state index in [1.54, 1.807) is 49.4 Å². The third-order valence-electron chi connectivity index (χ3n) is 3.86. The molecule has 0 spiro atoms. The van der Waals surface area contributed by atoms with Crippen molar-refractivity contribution in [3.8, 4) is 0 Å². The molecular weight excluding hydrogens is 386 g/mol. The van der Waals surface area contributed by atoms with Gasteiger partial charge in [0.15, 0.2) is 0 Å². The number of benzene rings is 2. The fourth-order valence-corrected chi connectivity index (χ4v) is 3.11. The molecule has 6 nitrogen and oxygen atoms in total. The molecule has 0 radical (unpaired) electrons. The maximum Gasteiger partial charge on any atom is 0.331 e. The molecule has 7 heteroatoms. The van der Waals surface area contributed by atoms with Gasteiger partial charge in [0.1, 0.15) is 6.54 Å². The van der Waals surface area contributed by atoms with Crippen molar-refractivity contribution in [3.63, 3.8) is 0 Å². The minimum Gasteiger partial charge on any atom is -0.324 e. The first-order chi connectivity index (χ1) is 12.0. The zero-order valence-electron chi connectivity index (χ0n) is 13.5. The largest absolute Gasteiger partial charge is 0.331 e. The van der Waals surface area contributed by atoms with Gasteiger partial charge in [-0.2, -0.15) is 0 Å². The van der Waals surface area contributed by atoms with Crippen LogP contribution in [0, 0.1) is 0 Å².